The molecule has 1 aliphatic heterocycles. The SMILES string of the molecule is NC(=O)NC1CCN(C(=O)c2ccccc2F)CC1. The van der Waals surface area contributed by atoms with E-state index in [0.29, 0.717) is 25.9 Å². The van der Waals surface area contributed by atoms with Crippen molar-refractivity contribution in [1.29, 1.82) is 0 Å². The molecule has 1 aromatic rings. The first kappa shape index (κ1) is 13.3. The standard InChI is InChI=1S/C13H16FN3O2/c14-11-4-2-1-3-10(11)12(18)17-7-5-9(6-8-17)16-13(15)19/h1-4,9H,5-8H2,(H3,15,16,19). The highest BCUT2D eigenvalue weighted by molar-refractivity contribution is 5.94. The molecule has 6 heteroatoms. The van der Waals surface area contributed by atoms with E-state index in [9.17, 15) is 14.0 Å². The van der Waals surface area contributed by atoms with Gasteiger partial charge in [-0.15, -0.1) is 0 Å². The third-order valence-corrected chi connectivity index (χ3v) is 3.23. The van der Waals surface area contributed by atoms with Crippen molar-refractivity contribution in [1.82, 2.24) is 10.2 Å². The van der Waals surface area contributed by atoms with Gasteiger partial charge >= 0.3 is 6.03 Å². The van der Waals surface area contributed by atoms with Crippen LogP contribution in [-0.4, -0.2) is 36.0 Å². The number of likely N-dealkylation sites (tertiary alicyclic amines) is 1. The molecule has 1 fully saturated rings. The number of urea groups is 1. The highest BCUT2D eigenvalue weighted by Gasteiger charge is 2.25. The highest BCUT2D eigenvalue weighted by Crippen LogP contribution is 2.15. The molecule has 1 aromatic carbocycles. The molecular weight excluding hydrogens is 249 g/mol. The van der Waals surface area contributed by atoms with Crippen LogP contribution in [0.3, 0.4) is 0 Å². The number of carbonyl (C=O) groups excluding carboxylic acids is 2. The summed E-state index contributed by atoms with van der Waals surface area (Å²) in [6.45, 7) is 0.968. The van der Waals surface area contributed by atoms with Crippen molar-refractivity contribution in [2.75, 3.05) is 13.1 Å². The Kier molecular flexibility index (Phi) is 3.99. The third kappa shape index (κ3) is 3.21. The molecule has 1 aliphatic rings. The van der Waals surface area contributed by atoms with E-state index >= 15 is 0 Å². The van der Waals surface area contributed by atoms with Gasteiger partial charge in [0.1, 0.15) is 5.82 Å². The Balaban J connectivity index is 1.96. The minimum absolute atomic E-state index is 0.0119. The lowest BCUT2D eigenvalue weighted by Gasteiger charge is -2.32. The van der Waals surface area contributed by atoms with Crippen molar-refractivity contribution in [3.8, 4) is 0 Å². The molecular formula is C13H16FN3O2. The fourth-order valence-electron chi connectivity index (χ4n) is 2.23. The van der Waals surface area contributed by atoms with Gasteiger partial charge in [0.25, 0.3) is 5.91 Å². The molecule has 1 heterocycles. The number of piperidine rings is 1. The predicted octanol–water partition coefficient (Wildman–Crippen LogP) is 1.10. The lowest BCUT2D eigenvalue weighted by Crippen LogP contribution is -2.48. The van der Waals surface area contributed by atoms with Gasteiger partial charge in [-0.25, -0.2) is 9.18 Å². The summed E-state index contributed by atoms with van der Waals surface area (Å²) >= 11 is 0. The number of nitrogens with zero attached hydrogens (tertiary/aromatic N) is 1. The molecule has 102 valence electrons. The summed E-state index contributed by atoms with van der Waals surface area (Å²) in [5.41, 5.74) is 5.14. The van der Waals surface area contributed by atoms with Gasteiger partial charge in [0.05, 0.1) is 5.56 Å². The third-order valence-electron chi connectivity index (χ3n) is 3.23. The lowest BCUT2D eigenvalue weighted by molar-refractivity contribution is 0.0704. The largest absolute Gasteiger partial charge is 0.352 e. The van der Waals surface area contributed by atoms with Gasteiger partial charge in [-0.1, -0.05) is 12.1 Å². The van der Waals surface area contributed by atoms with Gasteiger partial charge in [-0.05, 0) is 25.0 Å². The second kappa shape index (κ2) is 5.69. The van der Waals surface area contributed by atoms with Crippen LogP contribution >= 0.6 is 0 Å². The molecule has 19 heavy (non-hydrogen) atoms. The summed E-state index contributed by atoms with van der Waals surface area (Å²) in [5, 5.41) is 2.62. The number of benzene rings is 1. The number of hydrogen-bond acceptors (Lipinski definition) is 2. The smallest absolute Gasteiger partial charge is 0.312 e. The van der Waals surface area contributed by atoms with E-state index in [1.165, 1.54) is 12.1 Å². The summed E-state index contributed by atoms with van der Waals surface area (Å²) in [6.07, 6.45) is 1.26. The number of primary amides is 1. The average Bonchev–Trinajstić information content (AvgIpc) is 2.39. The van der Waals surface area contributed by atoms with Crippen LogP contribution in [0.2, 0.25) is 0 Å². The summed E-state index contributed by atoms with van der Waals surface area (Å²) < 4.78 is 13.5. The van der Waals surface area contributed by atoms with Crippen molar-refractivity contribution >= 4 is 11.9 Å². The van der Waals surface area contributed by atoms with Gasteiger partial charge in [0.2, 0.25) is 0 Å². The van der Waals surface area contributed by atoms with Crippen LogP contribution in [0, 0.1) is 5.82 Å². The van der Waals surface area contributed by atoms with Crippen LogP contribution in [0.5, 0.6) is 0 Å². The Morgan fingerprint density at radius 3 is 2.47 bits per heavy atom. The molecule has 0 bridgehead atoms. The van der Waals surface area contributed by atoms with Crippen molar-refractivity contribution in [3.05, 3.63) is 35.6 Å². The maximum absolute atomic E-state index is 13.5. The zero-order valence-corrected chi connectivity index (χ0v) is 10.4. The Morgan fingerprint density at radius 1 is 1.26 bits per heavy atom. The van der Waals surface area contributed by atoms with E-state index in [2.05, 4.69) is 5.32 Å². The van der Waals surface area contributed by atoms with E-state index in [4.69, 9.17) is 5.73 Å². The highest BCUT2D eigenvalue weighted by atomic mass is 19.1. The van der Waals surface area contributed by atoms with Crippen molar-refractivity contribution in [3.63, 3.8) is 0 Å². The molecule has 2 rings (SSSR count). The summed E-state index contributed by atoms with van der Waals surface area (Å²) in [6, 6.07) is 5.37. The van der Waals surface area contributed by atoms with Crippen LogP contribution in [0.4, 0.5) is 9.18 Å². The Labute approximate surface area is 110 Å². The molecule has 0 aliphatic carbocycles. The summed E-state index contributed by atoms with van der Waals surface area (Å²) in [4.78, 5) is 24.4. The zero-order valence-electron chi connectivity index (χ0n) is 10.4. The number of halogens is 1. The van der Waals surface area contributed by atoms with Crippen molar-refractivity contribution in [2.45, 2.75) is 18.9 Å². The number of carbonyl (C=O) groups is 2. The molecule has 0 saturated carbocycles. The predicted molar refractivity (Wildman–Crippen MR) is 68.0 cm³/mol. The van der Waals surface area contributed by atoms with Gasteiger partial charge < -0.3 is 16.0 Å². The Hall–Kier alpha value is -2.11. The summed E-state index contributed by atoms with van der Waals surface area (Å²) in [7, 11) is 0. The molecule has 1 saturated heterocycles. The van der Waals surface area contributed by atoms with Gasteiger partial charge in [0.15, 0.2) is 0 Å². The van der Waals surface area contributed by atoms with E-state index in [1.807, 2.05) is 0 Å². The van der Waals surface area contributed by atoms with Crippen LogP contribution in [0.1, 0.15) is 23.2 Å². The maximum atomic E-state index is 13.5. The van der Waals surface area contributed by atoms with Crippen molar-refractivity contribution < 1.29 is 14.0 Å². The molecule has 0 atom stereocenters. The van der Waals surface area contributed by atoms with Crippen LogP contribution in [0.15, 0.2) is 24.3 Å². The number of amides is 3. The monoisotopic (exact) mass is 265 g/mol. The van der Waals surface area contributed by atoms with Gasteiger partial charge in [-0.3, -0.25) is 4.79 Å². The normalized spacial score (nSPS) is 16.2. The van der Waals surface area contributed by atoms with E-state index in [-0.39, 0.29) is 17.5 Å². The van der Waals surface area contributed by atoms with Crippen LogP contribution in [-0.2, 0) is 0 Å². The van der Waals surface area contributed by atoms with Crippen molar-refractivity contribution in [2.24, 2.45) is 5.73 Å². The minimum atomic E-state index is -0.557. The molecule has 3 N–H and O–H groups in total. The first-order valence-electron chi connectivity index (χ1n) is 6.17. The molecule has 0 aromatic heterocycles. The first-order chi connectivity index (χ1) is 9.08. The zero-order chi connectivity index (χ0) is 13.8. The van der Waals surface area contributed by atoms with E-state index in [0.717, 1.165) is 0 Å². The van der Waals surface area contributed by atoms with Crippen LogP contribution < -0.4 is 11.1 Å². The lowest BCUT2D eigenvalue weighted by atomic mass is 10.0. The van der Waals surface area contributed by atoms with E-state index < -0.39 is 11.8 Å². The number of nitrogens with one attached hydrogen (secondary N) is 1. The molecule has 0 unspecified atom stereocenters. The molecule has 0 spiro atoms. The van der Waals surface area contributed by atoms with E-state index in [1.54, 1.807) is 17.0 Å². The number of nitrogens with two attached hydrogens (primary N) is 1. The van der Waals surface area contributed by atoms with Crippen LogP contribution in [0.25, 0.3) is 0 Å². The topological polar surface area (TPSA) is 75.4 Å². The van der Waals surface area contributed by atoms with Gasteiger partial charge in [0, 0.05) is 19.1 Å². The first-order valence-corrected chi connectivity index (χ1v) is 6.17. The second-order valence-corrected chi connectivity index (χ2v) is 4.55. The Morgan fingerprint density at radius 2 is 1.89 bits per heavy atom. The molecule has 5 nitrogen and oxygen atoms in total. The second-order valence-electron chi connectivity index (χ2n) is 4.55. The fraction of sp³-hybridized carbons (Fsp3) is 0.385. The Bertz CT molecular complexity index is 485. The number of rotatable bonds is 2. The fourth-order valence-corrected chi connectivity index (χ4v) is 2.23. The molecule has 0 radical (unpaired) electrons. The van der Waals surface area contributed by atoms with Gasteiger partial charge in [-0.2, -0.15) is 0 Å². The molecule has 3 amide bonds. The number of hydrogen-bond donors (Lipinski definition) is 2. The minimum Gasteiger partial charge on any atom is -0.352 e. The quantitative estimate of drug-likeness (QED) is 0.840. The maximum Gasteiger partial charge on any atom is 0.312 e. The average molecular weight is 265 g/mol. The summed E-state index contributed by atoms with van der Waals surface area (Å²) in [5.74, 6) is -0.819.